The van der Waals surface area contributed by atoms with Gasteiger partial charge in [0.1, 0.15) is 42.5 Å². The SMILES string of the molecule is COC1(c2ccc(/C=C/C(=O)O)c(OCc3ccc(O[C@@H]4OC(CO)[C@@H](O)C(O)C4O)cc3)c2Cl)OOC12C1CC3CC(C1)CC2C3. The predicted molar refractivity (Wildman–Crippen MR) is 164 cm³/mol. The number of hydrogen-bond acceptors (Lipinski definition) is 11. The van der Waals surface area contributed by atoms with Crippen molar-refractivity contribution in [2.24, 2.45) is 23.7 Å². The van der Waals surface area contributed by atoms with Crippen molar-refractivity contribution in [3.8, 4) is 11.5 Å². The molecule has 6 atom stereocenters. The second-order valence-corrected chi connectivity index (χ2v) is 13.7. The molecule has 2 aromatic carbocycles. The summed E-state index contributed by atoms with van der Waals surface area (Å²) in [6.45, 7) is -0.517. The number of methoxy groups -OCH3 is 1. The Morgan fingerprint density at radius 1 is 0.957 bits per heavy atom. The van der Waals surface area contributed by atoms with Crippen molar-refractivity contribution in [1.82, 2.24) is 0 Å². The number of benzene rings is 2. The molecule has 2 heterocycles. The monoisotopic (exact) mass is 674 g/mol. The van der Waals surface area contributed by atoms with Gasteiger partial charge in [0.05, 0.1) is 11.6 Å². The van der Waals surface area contributed by atoms with Crippen LogP contribution in [0.1, 0.15) is 48.8 Å². The zero-order valence-electron chi connectivity index (χ0n) is 25.7. The van der Waals surface area contributed by atoms with Crippen LogP contribution in [0.3, 0.4) is 0 Å². The highest BCUT2D eigenvalue weighted by molar-refractivity contribution is 6.33. The molecule has 2 saturated heterocycles. The first-order chi connectivity index (χ1) is 22.6. The predicted octanol–water partition coefficient (Wildman–Crippen LogP) is 3.15. The fourth-order valence-corrected chi connectivity index (χ4v) is 9.06. The molecule has 4 unspecified atom stereocenters. The average molecular weight is 675 g/mol. The molecule has 0 aromatic heterocycles. The van der Waals surface area contributed by atoms with E-state index in [0.717, 1.165) is 31.8 Å². The van der Waals surface area contributed by atoms with Gasteiger partial charge in [-0.05, 0) is 79.5 Å². The standard InChI is InChI=1S/C34H39ClO12/c1-42-34(33(46-47-34)21-11-18-10-19(13-21)14-22(33)12-18)24-8-4-20(5-9-26(37)38)31(27(24)35)43-16-17-2-6-23(7-3-17)44-32-30(41)29(40)28(39)25(15-36)45-32/h2-9,18-19,21-22,25,28-30,32,36,39-41H,10-16H2,1H3,(H,37,38)/b9-5+/t18?,19?,21?,22?,25?,28-,29?,30?,32-,33?,34?/m1/s1. The quantitative estimate of drug-likeness (QED) is 0.184. The van der Waals surface area contributed by atoms with E-state index in [-0.39, 0.29) is 29.2 Å². The van der Waals surface area contributed by atoms with E-state index in [1.165, 1.54) is 12.5 Å². The summed E-state index contributed by atoms with van der Waals surface area (Å²) in [5.74, 6) is 0.0997. The molecule has 4 saturated carbocycles. The molecule has 6 aliphatic rings. The van der Waals surface area contributed by atoms with E-state index < -0.39 is 54.7 Å². The number of ether oxygens (including phenoxy) is 4. The van der Waals surface area contributed by atoms with Crippen LogP contribution >= 0.6 is 11.6 Å². The first-order valence-electron chi connectivity index (χ1n) is 15.9. The van der Waals surface area contributed by atoms with E-state index in [9.17, 15) is 30.3 Å². The van der Waals surface area contributed by atoms with Crippen molar-refractivity contribution in [3.63, 3.8) is 0 Å². The molecule has 2 aromatic rings. The van der Waals surface area contributed by atoms with Gasteiger partial charge in [-0.25, -0.2) is 9.68 Å². The molecule has 4 bridgehead atoms. The zero-order chi connectivity index (χ0) is 33.1. The number of carboxylic acids is 1. The molecule has 1 spiro atoms. The summed E-state index contributed by atoms with van der Waals surface area (Å²) in [5.41, 5.74) is 1.05. The van der Waals surface area contributed by atoms with Gasteiger partial charge in [0.15, 0.2) is 5.60 Å². The minimum atomic E-state index is -1.56. The summed E-state index contributed by atoms with van der Waals surface area (Å²) < 4.78 is 23.6. The molecule has 12 nitrogen and oxygen atoms in total. The summed E-state index contributed by atoms with van der Waals surface area (Å²) in [6, 6.07) is 10.2. The lowest BCUT2D eigenvalue weighted by molar-refractivity contribution is -0.645. The number of carboxylic acid groups (broad SMARTS) is 1. The van der Waals surface area contributed by atoms with Gasteiger partial charge >= 0.3 is 5.97 Å². The molecule has 2 aliphatic heterocycles. The molecular formula is C34H39ClO12. The Kier molecular flexibility index (Phi) is 8.77. The van der Waals surface area contributed by atoms with Crippen molar-refractivity contribution in [2.75, 3.05) is 13.7 Å². The lowest BCUT2D eigenvalue weighted by atomic mass is 9.47. The van der Waals surface area contributed by atoms with Gasteiger partial charge in [0, 0.05) is 24.3 Å². The largest absolute Gasteiger partial charge is 0.487 e. The van der Waals surface area contributed by atoms with Gasteiger partial charge in [-0.3, -0.25) is 0 Å². The zero-order valence-corrected chi connectivity index (χ0v) is 26.5. The van der Waals surface area contributed by atoms with Crippen LogP contribution in [0.5, 0.6) is 11.5 Å². The van der Waals surface area contributed by atoms with Gasteiger partial charge in [0.25, 0.3) is 5.79 Å². The average Bonchev–Trinajstić information content (AvgIpc) is 3.04. The molecule has 47 heavy (non-hydrogen) atoms. The third-order valence-electron chi connectivity index (χ3n) is 10.7. The van der Waals surface area contributed by atoms with E-state index in [1.807, 2.05) is 0 Å². The second-order valence-electron chi connectivity index (χ2n) is 13.3. The molecular weight excluding hydrogens is 636 g/mol. The maximum Gasteiger partial charge on any atom is 0.328 e. The highest BCUT2D eigenvalue weighted by atomic mass is 35.5. The fraction of sp³-hybridized carbons (Fsp3) is 0.559. The Hall–Kier alpha value is -2.78. The van der Waals surface area contributed by atoms with E-state index in [0.29, 0.717) is 34.3 Å². The van der Waals surface area contributed by atoms with Gasteiger partial charge in [-0.15, -0.1) is 0 Å². The number of aliphatic hydroxyl groups excluding tert-OH is 4. The second kappa shape index (κ2) is 12.6. The van der Waals surface area contributed by atoms with Crippen LogP contribution in [0.15, 0.2) is 42.5 Å². The van der Waals surface area contributed by atoms with Crippen LogP contribution in [0, 0.1) is 23.7 Å². The first kappa shape index (κ1) is 32.8. The van der Waals surface area contributed by atoms with Crippen LogP contribution in [-0.4, -0.2) is 81.5 Å². The van der Waals surface area contributed by atoms with Crippen LogP contribution in [0.25, 0.3) is 6.08 Å². The maximum atomic E-state index is 11.4. The number of rotatable bonds is 10. The third-order valence-corrected chi connectivity index (χ3v) is 11.1. The summed E-state index contributed by atoms with van der Waals surface area (Å²) in [4.78, 5) is 23.4. The lowest BCUT2D eigenvalue weighted by Gasteiger charge is -2.68. The summed E-state index contributed by atoms with van der Waals surface area (Å²) in [6.07, 6.45) is 0.913. The molecule has 0 amide bonds. The summed E-state index contributed by atoms with van der Waals surface area (Å²) >= 11 is 7.13. The number of halogens is 1. The first-order valence-corrected chi connectivity index (χ1v) is 16.3. The van der Waals surface area contributed by atoms with Gasteiger partial charge < -0.3 is 44.5 Å². The number of aliphatic hydroxyl groups is 4. The highest BCUT2D eigenvalue weighted by Gasteiger charge is 2.77. The number of aliphatic carboxylic acids is 1. The van der Waals surface area contributed by atoms with Gasteiger partial charge in [-0.1, -0.05) is 35.9 Å². The van der Waals surface area contributed by atoms with E-state index in [4.69, 9.17) is 40.3 Å². The molecule has 13 heteroatoms. The highest BCUT2D eigenvalue weighted by Crippen LogP contribution is 2.70. The van der Waals surface area contributed by atoms with E-state index >= 15 is 0 Å². The third kappa shape index (κ3) is 5.34. The van der Waals surface area contributed by atoms with Gasteiger partial charge in [0.2, 0.25) is 6.29 Å². The Morgan fingerprint density at radius 2 is 1.64 bits per heavy atom. The van der Waals surface area contributed by atoms with Crippen molar-refractivity contribution in [3.05, 3.63) is 64.2 Å². The summed E-state index contributed by atoms with van der Waals surface area (Å²) in [7, 11) is 1.60. The number of carbonyl (C=O) groups is 1. The Morgan fingerprint density at radius 3 is 2.21 bits per heavy atom. The van der Waals surface area contributed by atoms with Crippen molar-refractivity contribution in [2.45, 2.75) is 80.8 Å². The Labute approximate surface area is 276 Å². The lowest BCUT2D eigenvalue weighted by Crippen LogP contribution is -2.76. The van der Waals surface area contributed by atoms with Crippen molar-refractivity contribution in [1.29, 1.82) is 0 Å². The van der Waals surface area contributed by atoms with Crippen molar-refractivity contribution >= 4 is 23.6 Å². The fourth-order valence-electron chi connectivity index (χ4n) is 8.71. The maximum absolute atomic E-state index is 11.4. The van der Waals surface area contributed by atoms with Gasteiger partial charge in [-0.2, -0.15) is 4.89 Å². The topological polar surface area (TPSA) is 174 Å². The molecule has 0 radical (unpaired) electrons. The van der Waals surface area contributed by atoms with E-state index in [1.54, 1.807) is 43.5 Å². The molecule has 254 valence electrons. The molecule has 5 N–H and O–H groups in total. The normalized spacial score (nSPS) is 38.9. The van der Waals surface area contributed by atoms with E-state index in [2.05, 4.69) is 0 Å². The van der Waals surface area contributed by atoms with Crippen LogP contribution in [0.4, 0.5) is 0 Å². The van der Waals surface area contributed by atoms with Crippen LogP contribution in [0.2, 0.25) is 5.02 Å². The van der Waals surface area contributed by atoms with Crippen LogP contribution < -0.4 is 9.47 Å². The summed E-state index contributed by atoms with van der Waals surface area (Å²) in [5, 5.41) is 49.3. The minimum Gasteiger partial charge on any atom is -0.487 e. The molecule has 6 fully saturated rings. The smallest absolute Gasteiger partial charge is 0.328 e. The molecule has 8 rings (SSSR count). The number of hydrogen-bond donors (Lipinski definition) is 5. The van der Waals surface area contributed by atoms with Crippen molar-refractivity contribution < 1.29 is 59.0 Å². The Bertz CT molecular complexity index is 1480. The Balaban J connectivity index is 1.13. The molecule has 4 aliphatic carbocycles. The van der Waals surface area contributed by atoms with Crippen LogP contribution in [-0.2, 0) is 36.4 Å². The minimum absolute atomic E-state index is 0.0501.